The molecule has 0 aromatic heterocycles. The molecule has 0 bridgehead atoms. The number of alkyl halides is 2. The average Bonchev–Trinajstić information content (AvgIpc) is 2.09. The van der Waals surface area contributed by atoms with Crippen molar-refractivity contribution in [1.29, 1.82) is 0 Å². The molecular formula is C8H6Cl4. The Hall–Kier alpha value is 0.380. The van der Waals surface area contributed by atoms with Crippen LogP contribution in [0.1, 0.15) is 11.1 Å². The normalized spacial score (nSPS) is 10.3. The summed E-state index contributed by atoms with van der Waals surface area (Å²) in [5, 5.41) is 1.03. The molecule has 0 nitrogen and oxygen atoms in total. The SMILES string of the molecule is ClCc1cc(Cl)c(Cl)cc1CCl. The van der Waals surface area contributed by atoms with Crippen molar-refractivity contribution in [3.05, 3.63) is 33.3 Å². The third-order valence-corrected chi connectivity index (χ3v) is 2.83. The fourth-order valence-corrected chi connectivity index (χ4v) is 1.75. The van der Waals surface area contributed by atoms with Gasteiger partial charge < -0.3 is 0 Å². The van der Waals surface area contributed by atoms with Gasteiger partial charge in [-0.05, 0) is 23.3 Å². The summed E-state index contributed by atoms with van der Waals surface area (Å²) in [6.45, 7) is 0. The third kappa shape index (κ3) is 2.20. The van der Waals surface area contributed by atoms with Crippen molar-refractivity contribution in [2.24, 2.45) is 0 Å². The summed E-state index contributed by atoms with van der Waals surface area (Å²) in [6, 6.07) is 3.49. The van der Waals surface area contributed by atoms with E-state index in [9.17, 15) is 0 Å². The molecule has 66 valence electrons. The van der Waals surface area contributed by atoms with E-state index >= 15 is 0 Å². The van der Waals surface area contributed by atoms with Crippen molar-refractivity contribution < 1.29 is 0 Å². The van der Waals surface area contributed by atoms with Gasteiger partial charge in [0, 0.05) is 11.8 Å². The fourth-order valence-electron chi connectivity index (χ4n) is 0.878. The van der Waals surface area contributed by atoms with E-state index in [-0.39, 0.29) is 0 Å². The molecule has 0 fully saturated rings. The summed E-state index contributed by atoms with van der Waals surface area (Å²) in [7, 11) is 0. The van der Waals surface area contributed by atoms with E-state index in [1.807, 2.05) is 0 Å². The number of hydrogen-bond acceptors (Lipinski definition) is 0. The Morgan fingerprint density at radius 1 is 0.833 bits per heavy atom. The fraction of sp³-hybridized carbons (Fsp3) is 0.250. The van der Waals surface area contributed by atoms with Crippen LogP contribution < -0.4 is 0 Å². The van der Waals surface area contributed by atoms with Gasteiger partial charge in [-0.15, -0.1) is 23.2 Å². The molecule has 1 aromatic carbocycles. The molecule has 0 saturated carbocycles. The zero-order chi connectivity index (χ0) is 9.14. The second kappa shape index (κ2) is 4.57. The molecule has 0 unspecified atom stereocenters. The smallest absolute Gasteiger partial charge is 0.0595 e. The summed E-state index contributed by atoms with van der Waals surface area (Å²) < 4.78 is 0. The number of hydrogen-bond donors (Lipinski definition) is 0. The summed E-state index contributed by atoms with van der Waals surface area (Å²) >= 11 is 22.9. The Morgan fingerprint density at radius 2 is 1.17 bits per heavy atom. The van der Waals surface area contributed by atoms with Gasteiger partial charge in [-0.1, -0.05) is 23.2 Å². The van der Waals surface area contributed by atoms with E-state index in [1.54, 1.807) is 12.1 Å². The van der Waals surface area contributed by atoms with Crippen molar-refractivity contribution in [2.45, 2.75) is 11.8 Å². The Morgan fingerprint density at radius 3 is 1.42 bits per heavy atom. The van der Waals surface area contributed by atoms with E-state index in [4.69, 9.17) is 46.4 Å². The molecule has 0 amide bonds. The van der Waals surface area contributed by atoms with Gasteiger partial charge in [0.2, 0.25) is 0 Å². The lowest BCUT2D eigenvalue weighted by molar-refractivity contribution is 1.27. The summed E-state index contributed by atoms with van der Waals surface area (Å²) in [6.07, 6.45) is 0. The van der Waals surface area contributed by atoms with E-state index in [2.05, 4.69) is 0 Å². The van der Waals surface area contributed by atoms with Crippen molar-refractivity contribution in [3.8, 4) is 0 Å². The lowest BCUT2D eigenvalue weighted by Gasteiger charge is -2.05. The molecule has 0 radical (unpaired) electrons. The van der Waals surface area contributed by atoms with Crippen molar-refractivity contribution in [3.63, 3.8) is 0 Å². The molecule has 0 heterocycles. The topological polar surface area (TPSA) is 0 Å². The van der Waals surface area contributed by atoms with Gasteiger partial charge in [0.05, 0.1) is 10.0 Å². The summed E-state index contributed by atoms with van der Waals surface area (Å²) in [4.78, 5) is 0. The predicted octanol–water partition coefficient (Wildman–Crippen LogP) is 4.47. The second-order valence-corrected chi connectivity index (χ2v) is 3.65. The third-order valence-electron chi connectivity index (χ3n) is 1.53. The van der Waals surface area contributed by atoms with Crippen LogP contribution in [0, 0.1) is 0 Å². The lowest BCUT2D eigenvalue weighted by Crippen LogP contribution is -1.88. The highest BCUT2D eigenvalue weighted by molar-refractivity contribution is 6.42. The molecule has 0 saturated heterocycles. The number of rotatable bonds is 2. The van der Waals surface area contributed by atoms with Gasteiger partial charge in [0.15, 0.2) is 0 Å². The maximum absolute atomic E-state index is 5.79. The Labute approximate surface area is 91.4 Å². The summed E-state index contributed by atoms with van der Waals surface area (Å²) in [5.74, 6) is 0.803. The zero-order valence-corrected chi connectivity index (χ0v) is 9.10. The van der Waals surface area contributed by atoms with Gasteiger partial charge in [-0.3, -0.25) is 0 Å². The standard InChI is InChI=1S/C8H6Cl4/c9-3-5-1-7(11)8(12)2-6(5)4-10/h1-2H,3-4H2. The van der Waals surface area contributed by atoms with Gasteiger partial charge in [0.25, 0.3) is 0 Å². The van der Waals surface area contributed by atoms with E-state index in [1.165, 1.54) is 0 Å². The van der Waals surface area contributed by atoms with Crippen LogP contribution in [0.2, 0.25) is 10.0 Å². The van der Waals surface area contributed by atoms with E-state index < -0.39 is 0 Å². The monoisotopic (exact) mass is 242 g/mol. The largest absolute Gasteiger partial charge is 0.122 e. The first-order valence-electron chi connectivity index (χ1n) is 3.27. The molecule has 1 aromatic rings. The zero-order valence-electron chi connectivity index (χ0n) is 6.08. The van der Waals surface area contributed by atoms with Crippen LogP contribution in [0.4, 0.5) is 0 Å². The Balaban J connectivity index is 3.19. The van der Waals surface area contributed by atoms with Gasteiger partial charge >= 0.3 is 0 Å². The van der Waals surface area contributed by atoms with Crippen LogP contribution in [0.5, 0.6) is 0 Å². The molecule has 1 rings (SSSR count). The number of benzene rings is 1. The van der Waals surface area contributed by atoms with Crippen LogP contribution in [-0.4, -0.2) is 0 Å². The van der Waals surface area contributed by atoms with Crippen LogP contribution in [0.3, 0.4) is 0 Å². The molecule has 0 N–H and O–H groups in total. The van der Waals surface area contributed by atoms with Crippen LogP contribution in [0.25, 0.3) is 0 Å². The number of halogens is 4. The first-order valence-corrected chi connectivity index (χ1v) is 5.10. The van der Waals surface area contributed by atoms with Crippen LogP contribution >= 0.6 is 46.4 Å². The molecule has 0 aliphatic carbocycles. The van der Waals surface area contributed by atoms with Gasteiger partial charge in [-0.25, -0.2) is 0 Å². The minimum atomic E-state index is 0.402. The quantitative estimate of drug-likeness (QED) is 0.673. The molecule has 0 aliphatic rings. The first-order chi connectivity index (χ1) is 5.69. The van der Waals surface area contributed by atoms with E-state index in [0.29, 0.717) is 21.8 Å². The van der Waals surface area contributed by atoms with Crippen LogP contribution in [-0.2, 0) is 11.8 Å². The maximum Gasteiger partial charge on any atom is 0.0595 e. The second-order valence-electron chi connectivity index (χ2n) is 2.30. The minimum absolute atomic E-state index is 0.402. The van der Waals surface area contributed by atoms with Crippen LogP contribution in [0.15, 0.2) is 12.1 Å². The predicted molar refractivity (Wildman–Crippen MR) is 55.6 cm³/mol. The lowest BCUT2D eigenvalue weighted by atomic mass is 10.1. The average molecular weight is 244 g/mol. The van der Waals surface area contributed by atoms with Gasteiger partial charge in [0.1, 0.15) is 0 Å². The minimum Gasteiger partial charge on any atom is -0.122 e. The van der Waals surface area contributed by atoms with Crippen molar-refractivity contribution in [1.82, 2.24) is 0 Å². The Kier molecular flexibility index (Phi) is 3.98. The van der Waals surface area contributed by atoms with Crippen molar-refractivity contribution >= 4 is 46.4 Å². The molecule has 0 spiro atoms. The van der Waals surface area contributed by atoms with E-state index in [0.717, 1.165) is 11.1 Å². The highest BCUT2D eigenvalue weighted by atomic mass is 35.5. The molecular weight excluding hydrogens is 238 g/mol. The van der Waals surface area contributed by atoms with Gasteiger partial charge in [-0.2, -0.15) is 0 Å². The molecule has 12 heavy (non-hydrogen) atoms. The maximum atomic E-state index is 5.79. The highest BCUT2D eigenvalue weighted by Gasteiger charge is 2.05. The Bertz CT molecular complexity index is 254. The summed E-state index contributed by atoms with van der Waals surface area (Å²) in [5.41, 5.74) is 1.86. The molecule has 0 aliphatic heterocycles. The molecule has 4 heteroatoms. The van der Waals surface area contributed by atoms with Crippen molar-refractivity contribution in [2.75, 3.05) is 0 Å². The highest BCUT2D eigenvalue weighted by Crippen LogP contribution is 2.27. The first kappa shape index (κ1) is 10.5. The molecule has 0 atom stereocenters.